The summed E-state index contributed by atoms with van der Waals surface area (Å²) in [6.45, 7) is 5.80. The van der Waals surface area contributed by atoms with Gasteiger partial charge in [0.25, 0.3) is 5.56 Å². The maximum absolute atomic E-state index is 11.5. The van der Waals surface area contributed by atoms with Crippen LogP contribution in [0.15, 0.2) is 17.1 Å². The molecule has 0 spiro atoms. The zero-order chi connectivity index (χ0) is 12.8. The predicted octanol–water partition coefficient (Wildman–Crippen LogP) is 1.02. The van der Waals surface area contributed by atoms with Gasteiger partial charge in [-0.3, -0.25) is 4.79 Å². The van der Waals surface area contributed by atoms with E-state index in [4.69, 9.17) is 5.11 Å². The Morgan fingerprint density at radius 1 is 1.47 bits per heavy atom. The van der Waals surface area contributed by atoms with E-state index in [2.05, 4.69) is 10.1 Å². The highest BCUT2D eigenvalue weighted by Gasteiger charge is 2.22. The molecule has 0 aliphatic carbocycles. The van der Waals surface area contributed by atoms with Crippen molar-refractivity contribution in [2.75, 3.05) is 0 Å². The SMILES string of the molecule is CC(C)(C)c1cc(=O)[nH]c2c(C(=O)O)cnn12. The van der Waals surface area contributed by atoms with E-state index in [0.717, 1.165) is 0 Å². The van der Waals surface area contributed by atoms with Crippen molar-refractivity contribution in [2.45, 2.75) is 26.2 Å². The van der Waals surface area contributed by atoms with Gasteiger partial charge in [-0.15, -0.1) is 0 Å². The van der Waals surface area contributed by atoms with Crippen molar-refractivity contribution in [1.29, 1.82) is 0 Å². The molecule has 0 atom stereocenters. The maximum Gasteiger partial charge on any atom is 0.341 e. The largest absolute Gasteiger partial charge is 0.477 e. The van der Waals surface area contributed by atoms with E-state index in [0.29, 0.717) is 5.69 Å². The van der Waals surface area contributed by atoms with Crippen LogP contribution in [0.25, 0.3) is 5.65 Å². The minimum atomic E-state index is -1.11. The predicted molar refractivity (Wildman–Crippen MR) is 61.5 cm³/mol. The number of hydrogen-bond donors (Lipinski definition) is 2. The van der Waals surface area contributed by atoms with Crippen LogP contribution < -0.4 is 5.56 Å². The number of fused-ring (bicyclic) bond motifs is 1. The fourth-order valence-electron chi connectivity index (χ4n) is 1.68. The van der Waals surface area contributed by atoms with E-state index in [1.165, 1.54) is 16.8 Å². The van der Waals surface area contributed by atoms with Crippen molar-refractivity contribution in [3.05, 3.63) is 33.9 Å². The van der Waals surface area contributed by atoms with Gasteiger partial charge in [0.2, 0.25) is 0 Å². The molecule has 0 unspecified atom stereocenters. The third-order valence-electron chi connectivity index (χ3n) is 2.51. The molecular formula is C11H13N3O3. The van der Waals surface area contributed by atoms with Crippen molar-refractivity contribution < 1.29 is 9.90 Å². The number of carbonyl (C=O) groups is 1. The highest BCUT2D eigenvalue weighted by atomic mass is 16.4. The first-order valence-corrected chi connectivity index (χ1v) is 5.15. The van der Waals surface area contributed by atoms with Crippen molar-refractivity contribution in [3.8, 4) is 0 Å². The Balaban J connectivity index is 2.89. The number of H-pyrrole nitrogens is 1. The molecule has 0 saturated heterocycles. The topological polar surface area (TPSA) is 87.5 Å². The fraction of sp³-hybridized carbons (Fsp3) is 0.364. The Hall–Kier alpha value is -2.11. The van der Waals surface area contributed by atoms with Crippen molar-refractivity contribution in [1.82, 2.24) is 14.6 Å². The quantitative estimate of drug-likeness (QED) is 0.772. The number of rotatable bonds is 1. The monoisotopic (exact) mass is 235 g/mol. The molecule has 0 aliphatic rings. The minimum absolute atomic E-state index is 0.00630. The molecule has 0 fully saturated rings. The normalized spacial score (nSPS) is 11.9. The summed E-state index contributed by atoms with van der Waals surface area (Å²) < 4.78 is 1.46. The molecule has 2 rings (SSSR count). The molecule has 0 bridgehead atoms. The molecule has 2 N–H and O–H groups in total. The van der Waals surface area contributed by atoms with Gasteiger partial charge in [0.05, 0.1) is 11.9 Å². The maximum atomic E-state index is 11.5. The molecule has 2 aromatic rings. The summed E-state index contributed by atoms with van der Waals surface area (Å²) >= 11 is 0. The molecule has 0 aromatic carbocycles. The van der Waals surface area contributed by atoms with Gasteiger partial charge < -0.3 is 10.1 Å². The molecular weight excluding hydrogens is 222 g/mol. The number of carboxylic acid groups (broad SMARTS) is 1. The van der Waals surface area contributed by atoms with Gasteiger partial charge in [0.1, 0.15) is 5.56 Å². The number of aromatic carboxylic acids is 1. The molecule has 0 saturated carbocycles. The molecule has 2 aromatic heterocycles. The van der Waals surface area contributed by atoms with Crippen LogP contribution in [0.3, 0.4) is 0 Å². The van der Waals surface area contributed by atoms with Crippen molar-refractivity contribution >= 4 is 11.6 Å². The zero-order valence-electron chi connectivity index (χ0n) is 9.81. The summed E-state index contributed by atoms with van der Waals surface area (Å²) in [6, 6.07) is 1.44. The van der Waals surface area contributed by atoms with E-state index in [-0.39, 0.29) is 22.2 Å². The highest BCUT2D eigenvalue weighted by Crippen LogP contribution is 2.21. The fourth-order valence-corrected chi connectivity index (χ4v) is 1.68. The van der Waals surface area contributed by atoms with Crippen LogP contribution in [0, 0.1) is 0 Å². The number of carboxylic acids is 1. The van der Waals surface area contributed by atoms with Crippen LogP contribution in [0.4, 0.5) is 0 Å². The highest BCUT2D eigenvalue weighted by molar-refractivity contribution is 5.94. The summed E-state index contributed by atoms with van der Waals surface area (Å²) in [5, 5.41) is 13.0. The second-order valence-electron chi connectivity index (χ2n) is 4.89. The minimum Gasteiger partial charge on any atom is -0.477 e. The molecule has 90 valence electrons. The molecule has 0 aliphatic heterocycles. The van der Waals surface area contributed by atoms with Crippen LogP contribution in [0.1, 0.15) is 36.8 Å². The lowest BCUT2D eigenvalue weighted by Crippen LogP contribution is -2.22. The summed E-state index contributed by atoms with van der Waals surface area (Å²) in [6.07, 6.45) is 1.24. The van der Waals surface area contributed by atoms with Crippen molar-refractivity contribution in [3.63, 3.8) is 0 Å². The van der Waals surface area contributed by atoms with Crippen molar-refractivity contribution in [2.24, 2.45) is 0 Å². The molecule has 0 amide bonds. The Kier molecular flexibility index (Phi) is 2.30. The van der Waals surface area contributed by atoms with Gasteiger partial charge in [0.15, 0.2) is 5.65 Å². The first-order chi connectivity index (χ1) is 7.80. The lowest BCUT2D eigenvalue weighted by atomic mass is 9.92. The number of nitrogens with one attached hydrogen (secondary N) is 1. The van der Waals surface area contributed by atoms with Crippen LogP contribution in [0.2, 0.25) is 0 Å². The van der Waals surface area contributed by atoms with Crippen LogP contribution in [0.5, 0.6) is 0 Å². The Morgan fingerprint density at radius 2 is 2.12 bits per heavy atom. The average molecular weight is 235 g/mol. The first kappa shape index (κ1) is 11.4. The van der Waals surface area contributed by atoms with E-state index >= 15 is 0 Å². The van der Waals surface area contributed by atoms with Crippen LogP contribution in [-0.2, 0) is 5.41 Å². The molecule has 17 heavy (non-hydrogen) atoms. The van der Waals surface area contributed by atoms with Crippen LogP contribution in [-0.4, -0.2) is 25.7 Å². The standard InChI is InChI=1S/C11H13N3O3/c1-11(2,3)7-4-8(15)13-9-6(10(16)17)5-12-14(7)9/h4-5H,1-3H3,(H,13,15)(H,16,17). The third kappa shape index (κ3) is 1.82. The third-order valence-corrected chi connectivity index (χ3v) is 2.51. The van der Waals surface area contributed by atoms with Gasteiger partial charge in [-0.05, 0) is 0 Å². The van der Waals surface area contributed by atoms with Gasteiger partial charge >= 0.3 is 5.97 Å². The second kappa shape index (κ2) is 3.44. The van der Waals surface area contributed by atoms with Gasteiger partial charge in [-0.2, -0.15) is 5.10 Å². The lowest BCUT2D eigenvalue weighted by Gasteiger charge is -2.19. The number of nitrogens with zero attached hydrogens (tertiary/aromatic N) is 2. The summed E-state index contributed by atoms with van der Waals surface area (Å²) in [5.41, 5.74) is 0.256. The van der Waals surface area contributed by atoms with Gasteiger partial charge in [-0.25, -0.2) is 9.31 Å². The number of aromatic amines is 1. The van der Waals surface area contributed by atoms with E-state index in [9.17, 15) is 9.59 Å². The lowest BCUT2D eigenvalue weighted by molar-refractivity contribution is 0.0698. The second-order valence-corrected chi connectivity index (χ2v) is 4.89. The van der Waals surface area contributed by atoms with Gasteiger partial charge in [-0.1, -0.05) is 20.8 Å². The molecule has 6 nitrogen and oxygen atoms in total. The Bertz CT molecular complexity index is 646. The zero-order valence-corrected chi connectivity index (χ0v) is 9.81. The van der Waals surface area contributed by atoms with E-state index < -0.39 is 5.97 Å². The number of hydrogen-bond acceptors (Lipinski definition) is 3. The summed E-state index contributed by atoms with van der Waals surface area (Å²) in [4.78, 5) is 25.0. The number of aromatic nitrogens is 3. The molecule has 2 heterocycles. The Morgan fingerprint density at radius 3 is 2.65 bits per heavy atom. The van der Waals surface area contributed by atoms with E-state index in [1.54, 1.807) is 0 Å². The Labute approximate surface area is 96.9 Å². The molecule has 6 heteroatoms. The first-order valence-electron chi connectivity index (χ1n) is 5.15. The molecule has 0 radical (unpaired) electrons. The average Bonchev–Trinajstić information content (AvgIpc) is 2.57. The van der Waals surface area contributed by atoms with Crippen LogP contribution >= 0.6 is 0 Å². The summed E-state index contributed by atoms with van der Waals surface area (Å²) in [5.74, 6) is -1.11. The smallest absolute Gasteiger partial charge is 0.341 e. The van der Waals surface area contributed by atoms with Gasteiger partial charge in [0, 0.05) is 11.5 Å². The van der Waals surface area contributed by atoms with E-state index in [1.807, 2.05) is 20.8 Å². The summed E-state index contributed by atoms with van der Waals surface area (Å²) in [7, 11) is 0.